The number of hydrogen-bond donors (Lipinski definition) is 0. The van der Waals surface area contributed by atoms with E-state index in [-0.39, 0.29) is 29.1 Å². The van der Waals surface area contributed by atoms with Crippen LogP contribution in [-0.4, -0.2) is 68.0 Å². The molecule has 3 heterocycles. The standard InChI is InChI=1S/C25H28N4O5S/c1-18-25(19(2)34-26-18)35(31,32)28-14-12-27(13-15-28)16-24(30)29-21-10-6-7-11-23(21)33-17-22(29)20-8-4-3-5-9-20/h3-11,22H,12-17H2,1-2H3/t22-/m1/s1. The second-order valence-electron chi connectivity index (χ2n) is 8.80. The van der Waals surface area contributed by atoms with Crippen LogP contribution in [0.3, 0.4) is 0 Å². The molecule has 0 N–H and O–H groups in total. The number of para-hydroxylation sites is 2. The molecule has 9 nitrogen and oxygen atoms in total. The summed E-state index contributed by atoms with van der Waals surface area (Å²) in [6, 6.07) is 17.2. The fourth-order valence-electron chi connectivity index (χ4n) is 4.79. The first-order chi connectivity index (χ1) is 16.9. The van der Waals surface area contributed by atoms with Crippen LogP contribution < -0.4 is 9.64 Å². The van der Waals surface area contributed by atoms with E-state index < -0.39 is 10.0 Å². The van der Waals surface area contributed by atoms with Crippen LogP contribution in [-0.2, 0) is 14.8 Å². The highest BCUT2D eigenvalue weighted by molar-refractivity contribution is 7.89. The van der Waals surface area contributed by atoms with Crippen LogP contribution in [0.5, 0.6) is 5.75 Å². The maximum atomic E-state index is 13.6. The minimum Gasteiger partial charge on any atom is -0.489 e. The lowest BCUT2D eigenvalue weighted by Gasteiger charge is -2.39. The Morgan fingerprint density at radius 2 is 1.69 bits per heavy atom. The lowest BCUT2D eigenvalue weighted by atomic mass is 10.0. The monoisotopic (exact) mass is 496 g/mol. The third-order valence-corrected chi connectivity index (χ3v) is 8.69. The number of benzene rings is 2. The van der Waals surface area contributed by atoms with Gasteiger partial charge in [-0.25, -0.2) is 8.42 Å². The molecule has 0 radical (unpaired) electrons. The minimum absolute atomic E-state index is 0.0448. The summed E-state index contributed by atoms with van der Waals surface area (Å²) in [7, 11) is -3.70. The number of aryl methyl sites for hydroxylation is 2. The fourth-order valence-corrected chi connectivity index (χ4v) is 6.50. The maximum absolute atomic E-state index is 13.6. The van der Waals surface area contributed by atoms with Gasteiger partial charge in [0.15, 0.2) is 5.76 Å². The Balaban J connectivity index is 1.31. The molecule has 1 saturated heterocycles. The Bertz CT molecular complexity index is 1300. The molecular weight excluding hydrogens is 468 g/mol. The lowest BCUT2D eigenvalue weighted by molar-refractivity contribution is -0.121. The molecule has 184 valence electrons. The van der Waals surface area contributed by atoms with Gasteiger partial charge in [-0.3, -0.25) is 14.6 Å². The average Bonchev–Trinajstić information content (AvgIpc) is 3.22. The molecule has 2 aliphatic rings. The molecule has 0 aliphatic carbocycles. The summed E-state index contributed by atoms with van der Waals surface area (Å²) in [5, 5.41) is 3.78. The van der Waals surface area contributed by atoms with Gasteiger partial charge in [-0.1, -0.05) is 47.6 Å². The summed E-state index contributed by atoms with van der Waals surface area (Å²) in [5.41, 5.74) is 2.11. The Morgan fingerprint density at radius 3 is 2.37 bits per heavy atom. The number of carbonyl (C=O) groups excluding carboxylic acids is 1. The van der Waals surface area contributed by atoms with E-state index in [1.165, 1.54) is 4.31 Å². The summed E-state index contributed by atoms with van der Waals surface area (Å²) in [6.07, 6.45) is 0. The first kappa shape index (κ1) is 23.5. The van der Waals surface area contributed by atoms with Crippen LogP contribution >= 0.6 is 0 Å². The summed E-state index contributed by atoms with van der Waals surface area (Å²) in [5.74, 6) is 0.929. The van der Waals surface area contributed by atoms with Crippen molar-refractivity contribution in [3.05, 3.63) is 71.6 Å². The highest BCUT2D eigenvalue weighted by Crippen LogP contribution is 2.39. The number of nitrogens with zero attached hydrogens (tertiary/aromatic N) is 4. The zero-order chi connectivity index (χ0) is 24.6. The van der Waals surface area contributed by atoms with Crippen molar-refractivity contribution in [1.82, 2.24) is 14.4 Å². The number of sulfonamides is 1. The quantitative estimate of drug-likeness (QED) is 0.536. The van der Waals surface area contributed by atoms with Gasteiger partial charge in [0.25, 0.3) is 0 Å². The molecule has 1 atom stereocenters. The molecule has 2 aliphatic heterocycles. The van der Waals surface area contributed by atoms with E-state index in [0.29, 0.717) is 44.2 Å². The molecule has 0 bridgehead atoms. The normalized spacial score (nSPS) is 19.3. The van der Waals surface area contributed by atoms with Gasteiger partial charge in [-0.15, -0.1) is 0 Å². The van der Waals surface area contributed by atoms with Crippen LogP contribution in [0.15, 0.2) is 64.0 Å². The Labute approximate surface area is 204 Å². The smallest absolute Gasteiger partial charge is 0.248 e. The average molecular weight is 497 g/mol. The number of ether oxygens (including phenoxy) is 1. The van der Waals surface area contributed by atoms with Crippen molar-refractivity contribution in [2.75, 3.05) is 44.2 Å². The molecule has 10 heteroatoms. The number of carbonyl (C=O) groups is 1. The van der Waals surface area contributed by atoms with Crippen molar-refractivity contribution >= 4 is 21.6 Å². The largest absolute Gasteiger partial charge is 0.489 e. The van der Waals surface area contributed by atoms with Crippen LogP contribution in [0.1, 0.15) is 23.1 Å². The van der Waals surface area contributed by atoms with E-state index in [9.17, 15) is 13.2 Å². The van der Waals surface area contributed by atoms with E-state index >= 15 is 0 Å². The summed E-state index contributed by atoms with van der Waals surface area (Å²) >= 11 is 0. The second kappa shape index (κ2) is 9.44. The Hall–Kier alpha value is -3.21. The van der Waals surface area contributed by atoms with Crippen molar-refractivity contribution in [2.24, 2.45) is 0 Å². The van der Waals surface area contributed by atoms with Crippen molar-refractivity contribution < 1.29 is 22.5 Å². The Morgan fingerprint density at radius 1 is 1.00 bits per heavy atom. The molecule has 0 spiro atoms. The molecule has 0 unspecified atom stereocenters. The van der Waals surface area contributed by atoms with Gasteiger partial charge in [0.05, 0.1) is 18.3 Å². The van der Waals surface area contributed by atoms with Gasteiger partial charge < -0.3 is 9.26 Å². The summed E-state index contributed by atoms with van der Waals surface area (Å²) in [6.45, 7) is 5.29. The summed E-state index contributed by atoms with van der Waals surface area (Å²) in [4.78, 5) is 17.6. The molecule has 0 saturated carbocycles. The molecule has 35 heavy (non-hydrogen) atoms. The molecular formula is C25H28N4O5S. The molecule has 1 amide bonds. The predicted octanol–water partition coefficient (Wildman–Crippen LogP) is 2.76. The molecule has 1 aromatic heterocycles. The number of hydrogen-bond acceptors (Lipinski definition) is 7. The van der Waals surface area contributed by atoms with Gasteiger partial charge in [-0.05, 0) is 31.5 Å². The zero-order valence-electron chi connectivity index (χ0n) is 19.8. The summed E-state index contributed by atoms with van der Waals surface area (Å²) < 4.78 is 38.7. The molecule has 2 aromatic carbocycles. The van der Waals surface area contributed by atoms with Crippen LogP contribution in [0.2, 0.25) is 0 Å². The number of piperazine rings is 1. The van der Waals surface area contributed by atoms with Gasteiger partial charge in [0.1, 0.15) is 22.9 Å². The third kappa shape index (κ3) is 4.44. The number of aromatic nitrogens is 1. The predicted molar refractivity (Wildman–Crippen MR) is 130 cm³/mol. The third-order valence-electron chi connectivity index (χ3n) is 6.54. The highest BCUT2D eigenvalue weighted by atomic mass is 32.2. The first-order valence-corrected chi connectivity index (χ1v) is 13.0. The van der Waals surface area contributed by atoms with Crippen molar-refractivity contribution in [3.63, 3.8) is 0 Å². The van der Waals surface area contributed by atoms with Crippen molar-refractivity contribution in [2.45, 2.75) is 24.8 Å². The molecule has 5 rings (SSSR count). The number of anilines is 1. The van der Waals surface area contributed by atoms with Gasteiger partial charge in [-0.2, -0.15) is 4.31 Å². The van der Waals surface area contributed by atoms with Crippen molar-refractivity contribution in [3.8, 4) is 5.75 Å². The van der Waals surface area contributed by atoms with E-state index in [4.69, 9.17) is 9.26 Å². The SMILES string of the molecule is Cc1noc(C)c1S(=O)(=O)N1CCN(CC(=O)N2c3ccccc3OC[C@@H]2c2ccccc2)CC1. The lowest BCUT2D eigenvalue weighted by Crippen LogP contribution is -2.52. The van der Waals surface area contributed by atoms with Gasteiger partial charge >= 0.3 is 0 Å². The Kier molecular flexibility index (Phi) is 6.35. The minimum atomic E-state index is -3.70. The molecule has 3 aromatic rings. The number of rotatable bonds is 5. The number of amides is 1. The van der Waals surface area contributed by atoms with Gasteiger partial charge in [0, 0.05) is 26.2 Å². The zero-order valence-corrected chi connectivity index (χ0v) is 20.6. The first-order valence-electron chi connectivity index (χ1n) is 11.6. The fraction of sp³-hybridized carbons (Fsp3) is 0.360. The van der Waals surface area contributed by atoms with E-state index in [0.717, 1.165) is 11.3 Å². The van der Waals surface area contributed by atoms with E-state index in [1.54, 1.807) is 13.8 Å². The van der Waals surface area contributed by atoms with Crippen LogP contribution in [0.4, 0.5) is 5.69 Å². The topological polar surface area (TPSA) is 96.2 Å². The maximum Gasteiger partial charge on any atom is 0.248 e. The van der Waals surface area contributed by atoms with Crippen molar-refractivity contribution in [1.29, 1.82) is 0 Å². The van der Waals surface area contributed by atoms with Crippen LogP contribution in [0, 0.1) is 13.8 Å². The highest BCUT2D eigenvalue weighted by Gasteiger charge is 2.36. The number of fused-ring (bicyclic) bond motifs is 1. The molecule has 1 fully saturated rings. The van der Waals surface area contributed by atoms with Crippen LogP contribution in [0.25, 0.3) is 0 Å². The van der Waals surface area contributed by atoms with Gasteiger partial charge in [0.2, 0.25) is 15.9 Å². The van der Waals surface area contributed by atoms with E-state index in [2.05, 4.69) is 5.16 Å². The van der Waals surface area contributed by atoms with E-state index in [1.807, 2.05) is 64.4 Å². The second-order valence-corrected chi connectivity index (χ2v) is 10.7.